The molecule has 1 saturated carbocycles. The molecule has 4 heterocycles. The van der Waals surface area contributed by atoms with E-state index < -0.39 is 0 Å². The Morgan fingerprint density at radius 3 is 2.81 bits per heavy atom. The fourth-order valence-corrected chi connectivity index (χ4v) is 5.77. The molecule has 6 rings (SSSR count). The Bertz CT molecular complexity index is 1290. The average Bonchev–Trinajstić information content (AvgIpc) is 3.55. The number of hydrogen-bond acceptors (Lipinski definition) is 9. The van der Waals surface area contributed by atoms with E-state index in [9.17, 15) is 0 Å². The summed E-state index contributed by atoms with van der Waals surface area (Å²) < 4.78 is 14.6. The second-order valence-corrected chi connectivity index (χ2v) is 10.4. The molecule has 188 valence electrons. The van der Waals surface area contributed by atoms with Crippen LogP contribution in [0, 0.1) is 0 Å². The Labute approximate surface area is 214 Å². The van der Waals surface area contributed by atoms with Gasteiger partial charge in [0.2, 0.25) is 5.88 Å². The zero-order chi connectivity index (χ0) is 24.2. The molecule has 1 saturated heterocycles. The fourth-order valence-electron chi connectivity index (χ4n) is 4.80. The Kier molecular flexibility index (Phi) is 7.06. The summed E-state index contributed by atoms with van der Waals surface area (Å²) in [6, 6.07) is 6.50. The van der Waals surface area contributed by atoms with E-state index in [0.29, 0.717) is 11.9 Å². The smallest absolute Gasteiger partial charge is 0.238 e. The molecule has 9 nitrogen and oxygen atoms in total. The van der Waals surface area contributed by atoms with Crippen molar-refractivity contribution in [2.75, 3.05) is 38.2 Å². The van der Waals surface area contributed by atoms with Gasteiger partial charge in [0.1, 0.15) is 5.75 Å². The van der Waals surface area contributed by atoms with Gasteiger partial charge in [-0.2, -0.15) is 5.10 Å². The van der Waals surface area contributed by atoms with Crippen LogP contribution in [0.1, 0.15) is 32.1 Å². The number of nitrogens with one attached hydrogen (secondary N) is 1. The third-order valence-corrected chi connectivity index (χ3v) is 7.75. The minimum Gasteiger partial charge on any atom is -0.437 e. The second kappa shape index (κ2) is 10.9. The largest absolute Gasteiger partial charge is 0.437 e. The Morgan fingerprint density at radius 1 is 1.03 bits per heavy atom. The number of hydrogen-bond donors (Lipinski definition) is 1. The van der Waals surface area contributed by atoms with Gasteiger partial charge in [0, 0.05) is 43.5 Å². The molecular formula is C26H31N7O2S. The van der Waals surface area contributed by atoms with Crippen molar-refractivity contribution >= 4 is 26.7 Å². The van der Waals surface area contributed by atoms with Crippen LogP contribution in [-0.2, 0) is 11.3 Å². The molecule has 0 bridgehead atoms. The van der Waals surface area contributed by atoms with Gasteiger partial charge in [-0.1, -0.05) is 30.6 Å². The first kappa shape index (κ1) is 23.3. The van der Waals surface area contributed by atoms with Crippen LogP contribution >= 0.6 is 11.3 Å². The van der Waals surface area contributed by atoms with Crippen LogP contribution in [0.5, 0.6) is 11.6 Å². The number of fused-ring (bicyclic) bond motifs is 1. The Hall–Kier alpha value is -3.08. The SMILES string of the molecule is c1cc2nc(NC3CCCCC3)sc2cc1Oc1cncc(-c2cnn(CCN3CCOCC3)c2)n1. The summed E-state index contributed by atoms with van der Waals surface area (Å²) in [7, 11) is 0. The van der Waals surface area contributed by atoms with Crippen molar-refractivity contribution in [2.24, 2.45) is 0 Å². The summed E-state index contributed by atoms with van der Waals surface area (Å²) in [6.07, 6.45) is 13.6. The number of morpholine rings is 1. The highest BCUT2D eigenvalue weighted by molar-refractivity contribution is 7.22. The third-order valence-electron chi connectivity index (χ3n) is 6.81. The summed E-state index contributed by atoms with van der Waals surface area (Å²) in [5, 5.41) is 9.12. The molecule has 0 radical (unpaired) electrons. The van der Waals surface area contributed by atoms with Crippen molar-refractivity contribution in [1.29, 1.82) is 0 Å². The van der Waals surface area contributed by atoms with Gasteiger partial charge in [0.15, 0.2) is 5.13 Å². The standard InChI is InChI=1S/C26H31N7O2S/c1-2-4-20(5-3-1)29-26-31-22-7-6-21(14-24(22)36-26)35-25-17-27-16-23(30-25)19-15-28-33(18-19)9-8-32-10-12-34-13-11-32/h6-7,14-18,20H,1-5,8-13H2,(H,29,31). The summed E-state index contributed by atoms with van der Waals surface area (Å²) in [6.45, 7) is 5.35. The van der Waals surface area contributed by atoms with Crippen molar-refractivity contribution in [3.8, 4) is 22.9 Å². The van der Waals surface area contributed by atoms with Gasteiger partial charge in [-0.05, 0) is 25.0 Å². The fraction of sp³-hybridized carbons (Fsp3) is 0.462. The zero-order valence-corrected chi connectivity index (χ0v) is 21.1. The van der Waals surface area contributed by atoms with Crippen molar-refractivity contribution in [3.05, 3.63) is 43.0 Å². The molecule has 1 aromatic carbocycles. The molecule has 0 unspecified atom stereocenters. The lowest BCUT2D eigenvalue weighted by Crippen LogP contribution is -2.38. The molecule has 1 aliphatic carbocycles. The van der Waals surface area contributed by atoms with Crippen molar-refractivity contribution in [1.82, 2.24) is 29.6 Å². The monoisotopic (exact) mass is 505 g/mol. The van der Waals surface area contributed by atoms with Crippen molar-refractivity contribution < 1.29 is 9.47 Å². The third kappa shape index (κ3) is 5.66. The topological polar surface area (TPSA) is 90.2 Å². The quantitative estimate of drug-likeness (QED) is 0.365. The molecule has 10 heteroatoms. The lowest BCUT2D eigenvalue weighted by atomic mass is 9.96. The predicted octanol–water partition coefficient (Wildman–Crippen LogP) is 4.82. The van der Waals surface area contributed by atoms with Gasteiger partial charge in [-0.15, -0.1) is 0 Å². The maximum atomic E-state index is 6.08. The highest BCUT2D eigenvalue weighted by Crippen LogP contribution is 2.32. The molecule has 1 aliphatic heterocycles. The number of nitrogens with zero attached hydrogens (tertiary/aromatic N) is 6. The van der Waals surface area contributed by atoms with Gasteiger partial charge < -0.3 is 14.8 Å². The van der Waals surface area contributed by atoms with Crippen LogP contribution in [0.4, 0.5) is 5.13 Å². The molecule has 2 fully saturated rings. The van der Waals surface area contributed by atoms with Crippen LogP contribution < -0.4 is 10.1 Å². The second-order valence-electron chi connectivity index (χ2n) is 9.42. The molecule has 0 spiro atoms. The van der Waals surface area contributed by atoms with E-state index in [1.807, 2.05) is 35.3 Å². The number of anilines is 1. The van der Waals surface area contributed by atoms with Gasteiger partial charge >= 0.3 is 0 Å². The number of benzene rings is 1. The van der Waals surface area contributed by atoms with E-state index in [2.05, 4.69) is 25.3 Å². The Balaban J connectivity index is 1.11. The van der Waals surface area contributed by atoms with Crippen LogP contribution in [0.2, 0.25) is 0 Å². The molecule has 3 aromatic heterocycles. The van der Waals surface area contributed by atoms with Crippen LogP contribution in [0.25, 0.3) is 21.5 Å². The highest BCUT2D eigenvalue weighted by atomic mass is 32.1. The Morgan fingerprint density at radius 2 is 1.92 bits per heavy atom. The minimum absolute atomic E-state index is 0.456. The first-order chi connectivity index (χ1) is 17.8. The minimum atomic E-state index is 0.456. The lowest BCUT2D eigenvalue weighted by Gasteiger charge is -2.26. The molecular weight excluding hydrogens is 474 g/mol. The average molecular weight is 506 g/mol. The van der Waals surface area contributed by atoms with Crippen LogP contribution in [0.3, 0.4) is 0 Å². The van der Waals surface area contributed by atoms with Crippen LogP contribution in [-0.4, -0.2) is 68.5 Å². The molecule has 2 aliphatic rings. The van der Waals surface area contributed by atoms with E-state index in [1.165, 1.54) is 32.1 Å². The van der Waals surface area contributed by atoms with Gasteiger partial charge in [-0.3, -0.25) is 14.6 Å². The maximum absolute atomic E-state index is 6.08. The van der Waals surface area contributed by atoms with E-state index in [0.717, 1.165) is 71.7 Å². The maximum Gasteiger partial charge on any atom is 0.238 e. The number of thiazole rings is 1. The zero-order valence-electron chi connectivity index (χ0n) is 20.3. The van der Waals surface area contributed by atoms with Crippen LogP contribution in [0.15, 0.2) is 43.0 Å². The number of aromatic nitrogens is 5. The van der Waals surface area contributed by atoms with Gasteiger partial charge in [0.25, 0.3) is 0 Å². The molecule has 4 aromatic rings. The van der Waals surface area contributed by atoms with Gasteiger partial charge in [-0.25, -0.2) is 9.97 Å². The first-order valence-electron chi connectivity index (χ1n) is 12.8. The van der Waals surface area contributed by atoms with E-state index in [1.54, 1.807) is 23.7 Å². The van der Waals surface area contributed by atoms with E-state index in [4.69, 9.17) is 14.5 Å². The number of ether oxygens (including phenoxy) is 2. The van der Waals surface area contributed by atoms with Gasteiger partial charge in [0.05, 0.1) is 54.3 Å². The normalized spacial score (nSPS) is 17.4. The molecule has 36 heavy (non-hydrogen) atoms. The first-order valence-corrected chi connectivity index (χ1v) is 13.6. The predicted molar refractivity (Wildman–Crippen MR) is 141 cm³/mol. The van der Waals surface area contributed by atoms with Crippen molar-refractivity contribution in [2.45, 2.75) is 44.7 Å². The summed E-state index contributed by atoms with van der Waals surface area (Å²) in [5.41, 5.74) is 2.64. The number of rotatable bonds is 8. The molecule has 0 amide bonds. The molecule has 1 N–H and O–H groups in total. The lowest BCUT2D eigenvalue weighted by molar-refractivity contribution is 0.0360. The highest BCUT2D eigenvalue weighted by Gasteiger charge is 2.16. The van der Waals surface area contributed by atoms with E-state index >= 15 is 0 Å². The summed E-state index contributed by atoms with van der Waals surface area (Å²) in [4.78, 5) is 16.2. The summed E-state index contributed by atoms with van der Waals surface area (Å²) in [5.74, 6) is 1.18. The molecule has 0 atom stereocenters. The summed E-state index contributed by atoms with van der Waals surface area (Å²) >= 11 is 1.67. The van der Waals surface area contributed by atoms with Crippen molar-refractivity contribution in [3.63, 3.8) is 0 Å². The van der Waals surface area contributed by atoms with E-state index in [-0.39, 0.29) is 0 Å².